The number of carboxylic acids is 1. The number of carbonyl (C=O) groups is 2. The fraction of sp³-hybridized carbons (Fsp3) is 0.361. The van der Waals surface area contributed by atoms with Crippen LogP contribution in [0.3, 0.4) is 0 Å². The molecule has 2 aliphatic rings. The third kappa shape index (κ3) is 5.99. The minimum Gasteiger partial charge on any atom is -0.481 e. The van der Waals surface area contributed by atoms with Crippen molar-refractivity contribution in [3.05, 3.63) is 72.0 Å². The van der Waals surface area contributed by atoms with E-state index in [0.717, 1.165) is 45.2 Å². The number of nitrogens with zero attached hydrogens (tertiary/aromatic N) is 4. The molecular weight excluding hydrogens is 657 g/mol. The molecule has 6 aromatic rings. The second-order valence-electron chi connectivity index (χ2n) is 13.3. The number of thiophene rings is 1. The van der Waals surface area contributed by atoms with E-state index in [4.69, 9.17) is 15.0 Å². The number of H-pyrrole nitrogens is 1. The van der Waals surface area contributed by atoms with Crippen molar-refractivity contribution < 1.29 is 14.7 Å². The largest absolute Gasteiger partial charge is 0.481 e. The van der Waals surface area contributed by atoms with E-state index in [1.165, 1.54) is 4.70 Å². The summed E-state index contributed by atoms with van der Waals surface area (Å²) in [5.41, 5.74) is 4.21. The molecule has 8 rings (SSSR count). The molecule has 0 bridgehead atoms. The highest BCUT2D eigenvalue weighted by molar-refractivity contribution is 8.00. The maximum atomic E-state index is 13.1. The molecule has 4 aromatic heterocycles. The predicted octanol–water partition coefficient (Wildman–Crippen LogP) is 7.00. The number of rotatable bonds is 12. The standard InChI is InChI=1S/C36H38N8O3S2/c1-19(2)44-18-39-31-33(42-32(43-34(31)44)24-16-48-27-6-4-3-5-23(24)27)38-14-11-20(8-10-28-30-26(17-49-28)40-36(47)41-30)29(35(45)46)22-7-9-25-21(15-22)12-13-37-25/h3-7,9,12-13,15-16,18-20,26,28-30,37H,8,10-11,14,17H2,1-2H3,(H,45,46)(H,38,42,43)(H2,40,41,47)/t20?,26-,28-,29?,30-/m0/s1. The van der Waals surface area contributed by atoms with Crippen molar-refractivity contribution in [2.45, 2.75) is 62.4 Å². The number of anilines is 1. The highest BCUT2D eigenvalue weighted by atomic mass is 32.2. The van der Waals surface area contributed by atoms with Crippen LogP contribution in [-0.4, -0.2) is 71.2 Å². The minimum absolute atomic E-state index is 0.0627. The smallest absolute Gasteiger partial charge is 0.315 e. The average molecular weight is 695 g/mol. The van der Waals surface area contributed by atoms with Crippen LogP contribution in [0.4, 0.5) is 10.6 Å². The fourth-order valence-corrected chi connectivity index (χ4v) is 9.90. The number of hydrogen-bond acceptors (Lipinski definition) is 8. The molecule has 13 heteroatoms. The lowest BCUT2D eigenvalue weighted by atomic mass is 9.80. The number of fused-ring (bicyclic) bond motifs is 4. The molecule has 0 aliphatic carbocycles. The second-order valence-corrected chi connectivity index (χ2v) is 15.5. The Hall–Kier alpha value is -4.62. The lowest BCUT2D eigenvalue weighted by molar-refractivity contribution is -0.140. The first-order valence-corrected chi connectivity index (χ1v) is 18.7. The van der Waals surface area contributed by atoms with Gasteiger partial charge in [-0.2, -0.15) is 11.8 Å². The Balaban J connectivity index is 1.09. The summed E-state index contributed by atoms with van der Waals surface area (Å²) in [5.74, 6) is 0.438. The van der Waals surface area contributed by atoms with Gasteiger partial charge in [0, 0.05) is 56.3 Å². The van der Waals surface area contributed by atoms with E-state index in [2.05, 4.69) is 56.9 Å². The molecule has 2 amide bonds. The highest BCUT2D eigenvalue weighted by Gasteiger charge is 2.43. The lowest BCUT2D eigenvalue weighted by Crippen LogP contribution is -2.37. The van der Waals surface area contributed by atoms with Gasteiger partial charge in [0.2, 0.25) is 0 Å². The Morgan fingerprint density at radius 1 is 1.12 bits per heavy atom. The first-order chi connectivity index (χ1) is 23.8. The number of benzene rings is 2. The third-order valence-electron chi connectivity index (χ3n) is 9.94. The summed E-state index contributed by atoms with van der Waals surface area (Å²) in [4.78, 5) is 43.1. The Morgan fingerprint density at radius 3 is 2.86 bits per heavy atom. The number of carbonyl (C=O) groups excluding carboxylic acids is 1. The van der Waals surface area contributed by atoms with E-state index in [-0.39, 0.29) is 35.3 Å². The second kappa shape index (κ2) is 13.0. The quantitative estimate of drug-likeness (QED) is 0.0860. The molecule has 0 radical (unpaired) electrons. The molecule has 0 saturated carbocycles. The van der Waals surface area contributed by atoms with E-state index in [1.807, 2.05) is 60.7 Å². The number of aliphatic carboxylic acids is 1. The van der Waals surface area contributed by atoms with E-state index in [9.17, 15) is 14.7 Å². The first-order valence-electron chi connectivity index (χ1n) is 16.8. The van der Waals surface area contributed by atoms with Crippen LogP contribution >= 0.6 is 23.1 Å². The van der Waals surface area contributed by atoms with Gasteiger partial charge in [0.1, 0.15) is 5.52 Å². The predicted molar refractivity (Wildman–Crippen MR) is 197 cm³/mol. The van der Waals surface area contributed by atoms with Crippen LogP contribution in [0.5, 0.6) is 0 Å². The molecule has 5 N–H and O–H groups in total. The van der Waals surface area contributed by atoms with E-state index in [0.29, 0.717) is 36.5 Å². The number of aromatic amines is 1. The van der Waals surface area contributed by atoms with Gasteiger partial charge >= 0.3 is 12.0 Å². The summed E-state index contributed by atoms with van der Waals surface area (Å²) < 4.78 is 3.23. The van der Waals surface area contributed by atoms with Gasteiger partial charge in [-0.05, 0) is 74.2 Å². The van der Waals surface area contributed by atoms with Gasteiger partial charge in [-0.15, -0.1) is 11.3 Å². The number of urea groups is 1. The summed E-state index contributed by atoms with van der Waals surface area (Å²) in [6.45, 7) is 4.72. The number of aromatic nitrogens is 5. The van der Waals surface area contributed by atoms with Crippen molar-refractivity contribution in [1.82, 2.24) is 35.1 Å². The van der Waals surface area contributed by atoms with Crippen molar-refractivity contribution in [1.29, 1.82) is 0 Å². The summed E-state index contributed by atoms with van der Waals surface area (Å²) in [6, 6.07) is 16.4. The topological polar surface area (TPSA) is 150 Å². The Labute approximate surface area is 291 Å². The number of imidazole rings is 1. The van der Waals surface area contributed by atoms with Crippen molar-refractivity contribution >= 4 is 73.1 Å². The van der Waals surface area contributed by atoms with Gasteiger partial charge in [-0.3, -0.25) is 4.79 Å². The molecule has 49 heavy (non-hydrogen) atoms. The molecule has 0 spiro atoms. The number of thioether (sulfide) groups is 1. The number of carboxylic acid groups (broad SMARTS) is 1. The Morgan fingerprint density at radius 2 is 2.00 bits per heavy atom. The summed E-state index contributed by atoms with van der Waals surface area (Å²) in [5, 5.41) is 24.8. The maximum Gasteiger partial charge on any atom is 0.315 e. The minimum atomic E-state index is -0.834. The van der Waals surface area contributed by atoms with Crippen LogP contribution in [0.15, 0.2) is 66.4 Å². The van der Waals surface area contributed by atoms with Crippen LogP contribution in [0.2, 0.25) is 0 Å². The van der Waals surface area contributed by atoms with Gasteiger partial charge in [-0.25, -0.2) is 19.7 Å². The molecule has 2 unspecified atom stereocenters. The zero-order valence-corrected chi connectivity index (χ0v) is 28.9. The average Bonchev–Trinajstić information content (AvgIpc) is 3.91. The molecule has 2 fully saturated rings. The highest BCUT2D eigenvalue weighted by Crippen LogP contribution is 2.39. The van der Waals surface area contributed by atoms with Gasteiger partial charge in [-0.1, -0.05) is 24.3 Å². The summed E-state index contributed by atoms with van der Waals surface area (Å²) in [6.07, 6.45) is 5.80. The monoisotopic (exact) mass is 694 g/mol. The van der Waals surface area contributed by atoms with Crippen LogP contribution in [0.1, 0.15) is 50.6 Å². The van der Waals surface area contributed by atoms with Gasteiger partial charge in [0.15, 0.2) is 17.3 Å². The zero-order chi connectivity index (χ0) is 33.6. The normalized spacial score (nSPS) is 20.1. The molecule has 2 aliphatic heterocycles. The van der Waals surface area contributed by atoms with Crippen LogP contribution < -0.4 is 16.0 Å². The van der Waals surface area contributed by atoms with Crippen LogP contribution in [0, 0.1) is 5.92 Å². The van der Waals surface area contributed by atoms with E-state index < -0.39 is 11.9 Å². The summed E-state index contributed by atoms with van der Waals surface area (Å²) >= 11 is 3.53. The van der Waals surface area contributed by atoms with Gasteiger partial charge in [0.25, 0.3) is 0 Å². The first kappa shape index (κ1) is 31.6. The molecule has 2 aromatic carbocycles. The number of nitrogens with one attached hydrogen (secondary N) is 4. The fourth-order valence-electron chi connectivity index (χ4n) is 7.45. The molecular formula is C36H38N8O3S2. The van der Waals surface area contributed by atoms with Crippen LogP contribution in [0.25, 0.3) is 43.5 Å². The van der Waals surface area contributed by atoms with Crippen molar-refractivity contribution in [3.63, 3.8) is 0 Å². The number of hydrogen-bond donors (Lipinski definition) is 5. The van der Waals surface area contributed by atoms with Crippen LogP contribution in [-0.2, 0) is 4.79 Å². The Bertz CT molecular complexity index is 2170. The van der Waals surface area contributed by atoms with Gasteiger partial charge < -0.3 is 30.6 Å². The number of amides is 2. The van der Waals surface area contributed by atoms with Crippen molar-refractivity contribution in [2.24, 2.45) is 5.92 Å². The van der Waals surface area contributed by atoms with E-state index in [1.54, 1.807) is 11.3 Å². The molecule has 5 atom stereocenters. The zero-order valence-electron chi connectivity index (χ0n) is 27.2. The Kier molecular flexibility index (Phi) is 8.40. The van der Waals surface area contributed by atoms with Gasteiger partial charge in [0.05, 0.1) is 24.3 Å². The lowest BCUT2D eigenvalue weighted by Gasteiger charge is -2.27. The molecule has 6 heterocycles. The van der Waals surface area contributed by atoms with Crippen molar-refractivity contribution in [2.75, 3.05) is 17.6 Å². The summed E-state index contributed by atoms with van der Waals surface area (Å²) in [7, 11) is 0. The third-order valence-corrected chi connectivity index (χ3v) is 12.4. The molecule has 2 saturated heterocycles. The SMILES string of the molecule is CC(C)n1cnc2c(NCCC(CC[C@@H]3SC[C@@H]4NC(=O)N[C@@H]43)C(C(=O)O)c3ccc4[nH]ccc4c3)nc(-c3csc4ccccc34)nc21. The van der Waals surface area contributed by atoms with Crippen molar-refractivity contribution in [3.8, 4) is 11.4 Å². The molecule has 11 nitrogen and oxygen atoms in total. The van der Waals surface area contributed by atoms with E-state index >= 15 is 0 Å². The maximum absolute atomic E-state index is 13.1. The molecule has 252 valence electrons.